The highest BCUT2D eigenvalue weighted by atomic mass is 16.5. The molecule has 1 fully saturated rings. The van der Waals surface area contributed by atoms with Gasteiger partial charge in [0.1, 0.15) is 5.75 Å². The Balaban J connectivity index is 1.71. The van der Waals surface area contributed by atoms with E-state index in [0.717, 1.165) is 31.9 Å². The Bertz CT molecular complexity index is 422. The van der Waals surface area contributed by atoms with Crippen molar-refractivity contribution >= 4 is 0 Å². The van der Waals surface area contributed by atoms with Gasteiger partial charge < -0.3 is 14.6 Å². The summed E-state index contributed by atoms with van der Waals surface area (Å²) in [5, 5.41) is 9.30. The van der Waals surface area contributed by atoms with Crippen LogP contribution in [0.2, 0.25) is 0 Å². The molecule has 0 saturated carbocycles. The molecule has 1 saturated heterocycles. The van der Waals surface area contributed by atoms with Crippen LogP contribution in [0.3, 0.4) is 0 Å². The van der Waals surface area contributed by atoms with Crippen molar-refractivity contribution in [3.63, 3.8) is 0 Å². The van der Waals surface area contributed by atoms with E-state index in [2.05, 4.69) is 30.9 Å². The van der Waals surface area contributed by atoms with E-state index in [9.17, 15) is 5.11 Å². The minimum absolute atomic E-state index is 0.144. The Labute approximate surface area is 121 Å². The van der Waals surface area contributed by atoms with Gasteiger partial charge in [-0.25, -0.2) is 0 Å². The molecule has 0 radical (unpaired) electrons. The van der Waals surface area contributed by atoms with Gasteiger partial charge >= 0.3 is 0 Å². The van der Waals surface area contributed by atoms with E-state index in [4.69, 9.17) is 9.47 Å². The third kappa shape index (κ3) is 4.20. The van der Waals surface area contributed by atoms with Gasteiger partial charge in [-0.15, -0.1) is 0 Å². The molecule has 0 amide bonds. The average Bonchev–Trinajstić information content (AvgIpc) is 2.47. The van der Waals surface area contributed by atoms with E-state index in [0.29, 0.717) is 13.2 Å². The largest absolute Gasteiger partial charge is 0.494 e. The van der Waals surface area contributed by atoms with Crippen LogP contribution in [-0.4, -0.2) is 55.6 Å². The molecule has 1 unspecified atom stereocenters. The molecule has 1 N–H and O–H groups in total. The molecule has 1 atom stereocenters. The highest BCUT2D eigenvalue weighted by Gasteiger charge is 2.21. The van der Waals surface area contributed by atoms with E-state index in [1.165, 1.54) is 11.1 Å². The number of benzene rings is 1. The molecular formula is C16H25NO3. The minimum Gasteiger partial charge on any atom is -0.494 e. The van der Waals surface area contributed by atoms with E-state index in [1.807, 2.05) is 6.07 Å². The second-order valence-corrected chi connectivity index (χ2v) is 5.40. The Morgan fingerprint density at radius 1 is 1.35 bits per heavy atom. The lowest BCUT2D eigenvalue weighted by molar-refractivity contribution is -0.0287. The molecule has 4 nitrogen and oxygen atoms in total. The number of ether oxygens (including phenoxy) is 2. The summed E-state index contributed by atoms with van der Waals surface area (Å²) in [7, 11) is 0. The number of morpholine rings is 1. The monoisotopic (exact) mass is 279 g/mol. The van der Waals surface area contributed by atoms with E-state index < -0.39 is 0 Å². The zero-order valence-electron chi connectivity index (χ0n) is 12.5. The van der Waals surface area contributed by atoms with E-state index in [1.54, 1.807) is 0 Å². The third-order valence-corrected chi connectivity index (χ3v) is 3.90. The van der Waals surface area contributed by atoms with Crippen LogP contribution in [0, 0.1) is 13.8 Å². The summed E-state index contributed by atoms with van der Waals surface area (Å²) in [5.41, 5.74) is 2.55. The van der Waals surface area contributed by atoms with Gasteiger partial charge in [-0.1, -0.05) is 6.07 Å². The highest BCUT2D eigenvalue weighted by Crippen LogP contribution is 2.16. The van der Waals surface area contributed by atoms with Crippen LogP contribution in [-0.2, 0) is 4.74 Å². The van der Waals surface area contributed by atoms with Crippen LogP contribution >= 0.6 is 0 Å². The van der Waals surface area contributed by atoms with Gasteiger partial charge in [0.2, 0.25) is 0 Å². The normalized spacial score (nSPS) is 20.1. The quantitative estimate of drug-likeness (QED) is 0.806. The summed E-state index contributed by atoms with van der Waals surface area (Å²) in [6.45, 7) is 8.31. The van der Waals surface area contributed by atoms with Crippen LogP contribution in [0.4, 0.5) is 0 Å². The van der Waals surface area contributed by atoms with Crippen molar-refractivity contribution in [3.8, 4) is 5.75 Å². The Morgan fingerprint density at radius 3 is 2.95 bits per heavy atom. The maximum atomic E-state index is 9.30. The van der Waals surface area contributed by atoms with Gasteiger partial charge in [-0.2, -0.15) is 0 Å². The fraction of sp³-hybridized carbons (Fsp3) is 0.625. The van der Waals surface area contributed by atoms with E-state index >= 15 is 0 Å². The SMILES string of the molecule is Cc1ccc(OCCCN2CCOCC2CO)cc1C. The standard InChI is InChI=1S/C16H25NO3/c1-13-4-5-16(10-14(13)2)20-8-3-6-17-7-9-19-12-15(17)11-18/h4-5,10,15,18H,3,6-9,11-12H2,1-2H3. The number of hydrogen-bond acceptors (Lipinski definition) is 4. The first-order chi connectivity index (χ1) is 9.70. The Hall–Kier alpha value is -1.10. The highest BCUT2D eigenvalue weighted by molar-refractivity contribution is 5.33. The second-order valence-electron chi connectivity index (χ2n) is 5.40. The van der Waals surface area contributed by atoms with Crippen LogP contribution in [0.5, 0.6) is 5.75 Å². The molecule has 0 aliphatic carbocycles. The summed E-state index contributed by atoms with van der Waals surface area (Å²) < 4.78 is 11.2. The molecule has 1 aromatic carbocycles. The van der Waals surface area contributed by atoms with Crippen molar-refractivity contribution in [2.75, 3.05) is 39.5 Å². The summed E-state index contributed by atoms with van der Waals surface area (Å²) in [6.07, 6.45) is 0.962. The van der Waals surface area contributed by atoms with Crippen molar-refractivity contribution in [3.05, 3.63) is 29.3 Å². The lowest BCUT2D eigenvalue weighted by Crippen LogP contribution is -2.47. The third-order valence-electron chi connectivity index (χ3n) is 3.90. The fourth-order valence-corrected chi connectivity index (χ4v) is 2.41. The Morgan fingerprint density at radius 2 is 2.20 bits per heavy atom. The van der Waals surface area contributed by atoms with Crippen molar-refractivity contribution < 1.29 is 14.6 Å². The van der Waals surface area contributed by atoms with Gasteiger partial charge in [0, 0.05) is 13.1 Å². The molecule has 2 rings (SSSR count). The lowest BCUT2D eigenvalue weighted by Gasteiger charge is -2.34. The van der Waals surface area contributed by atoms with Crippen LogP contribution in [0.15, 0.2) is 18.2 Å². The predicted molar refractivity (Wildman–Crippen MR) is 79.3 cm³/mol. The maximum Gasteiger partial charge on any atom is 0.119 e. The molecule has 112 valence electrons. The van der Waals surface area contributed by atoms with Crippen molar-refractivity contribution in [1.29, 1.82) is 0 Å². The van der Waals surface area contributed by atoms with Crippen LogP contribution < -0.4 is 4.74 Å². The number of aliphatic hydroxyl groups excluding tert-OH is 1. The molecule has 0 bridgehead atoms. The summed E-state index contributed by atoms with van der Waals surface area (Å²) in [5.74, 6) is 0.939. The van der Waals surface area contributed by atoms with Gasteiger partial charge in [-0.3, -0.25) is 4.90 Å². The number of hydrogen-bond donors (Lipinski definition) is 1. The zero-order valence-corrected chi connectivity index (χ0v) is 12.5. The first-order valence-corrected chi connectivity index (χ1v) is 7.33. The number of nitrogens with zero attached hydrogens (tertiary/aromatic N) is 1. The Kier molecular flexibility index (Phi) is 5.83. The van der Waals surface area contributed by atoms with Gasteiger partial charge in [-0.05, 0) is 43.5 Å². The van der Waals surface area contributed by atoms with E-state index in [-0.39, 0.29) is 12.6 Å². The summed E-state index contributed by atoms with van der Waals surface area (Å²) in [4.78, 5) is 2.28. The molecule has 1 aromatic rings. The number of aryl methyl sites for hydroxylation is 2. The van der Waals surface area contributed by atoms with Crippen molar-refractivity contribution in [2.24, 2.45) is 0 Å². The second kappa shape index (κ2) is 7.62. The van der Waals surface area contributed by atoms with Gasteiger partial charge in [0.05, 0.1) is 32.5 Å². The molecular weight excluding hydrogens is 254 g/mol. The fourth-order valence-electron chi connectivity index (χ4n) is 2.41. The summed E-state index contributed by atoms with van der Waals surface area (Å²) >= 11 is 0. The van der Waals surface area contributed by atoms with Gasteiger partial charge in [0.25, 0.3) is 0 Å². The van der Waals surface area contributed by atoms with Crippen LogP contribution in [0.25, 0.3) is 0 Å². The molecule has 0 spiro atoms. The number of rotatable bonds is 6. The molecule has 1 heterocycles. The van der Waals surface area contributed by atoms with Crippen molar-refractivity contribution in [1.82, 2.24) is 4.90 Å². The molecule has 0 aromatic heterocycles. The zero-order chi connectivity index (χ0) is 14.4. The molecule has 1 aliphatic heterocycles. The predicted octanol–water partition coefficient (Wildman–Crippen LogP) is 1.77. The average molecular weight is 279 g/mol. The first kappa shape index (κ1) is 15.3. The number of aliphatic hydroxyl groups is 1. The molecule has 20 heavy (non-hydrogen) atoms. The minimum atomic E-state index is 0.144. The van der Waals surface area contributed by atoms with Crippen LogP contribution in [0.1, 0.15) is 17.5 Å². The topological polar surface area (TPSA) is 41.9 Å². The molecule has 1 aliphatic rings. The lowest BCUT2D eigenvalue weighted by atomic mass is 10.1. The maximum absolute atomic E-state index is 9.30. The molecule has 4 heteroatoms. The first-order valence-electron chi connectivity index (χ1n) is 7.33. The van der Waals surface area contributed by atoms with Gasteiger partial charge in [0.15, 0.2) is 0 Å². The van der Waals surface area contributed by atoms with Crippen molar-refractivity contribution in [2.45, 2.75) is 26.3 Å². The summed E-state index contributed by atoms with van der Waals surface area (Å²) in [6, 6.07) is 6.34. The smallest absolute Gasteiger partial charge is 0.119 e.